The second-order valence-electron chi connectivity index (χ2n) is 13.1. The third-order valence-corrected chi connectivity index (χ3v) is 16.7. The van der Waals surface area contributed by atoms with Gasteiger partial charge in [-0.15, -0.1) is 68.0 Å². The number of halogens is 6. The number of thiophene rings is 2. The molecular formula is C41H18F6N4S6. The highest BCUT2D eigenvalue weighted by Crippen LogP contribution is 2.67. The van der Waals surface area contributed by atoms with Gasteiger partial charge in [-0.25, -0.2) is 19.9 Å². The van der Waals surface area contributed by atoms with Crippen LogP contribution in [-0.4, -0.2) is 37.7 Å². The predicted molar refractivity (Wildman–Crippen MR) is 225 cm³/mol. The smallest absolute Gasteiger partial charge is 0.235 e. The summed E-state index contributed by atoms with van der Waals surface area (Å²) >= 11 is 6.93. The number of nitrogens with zero attached hydrogens (tertiary/aromatic N) is 4. The van der Waals surface area contributed by atoms with Crippen LogP contribution >= 0.6 is 68.0 Å². The van der Waals surface area contributed by atoms with Crippen LogP contribution in [0.4, 0.5) is 26.3 Å². The van der Waals surface area contributed by atoms with Gasteiger partial charge < -0.3 is 0 Å². The molecule has 0 aliphatic heterocycles. The normalized spacial score (nSPS) is 16.2. The Morgan fingerprint density at radius 1 is 0.368 bits per heavy atom. The molecule has 11 rings (SSSR count). The van der Waals surface area contributed by atoms with Crippen LogP contribution in [-0.2, 0) is 0 Å². The zero-order valence-corrected chi connectivity index (χ0v) is 33.3. The summed E-state index contributed by atoms with van der Waals surface area (Å²) in [6.45, 7) is 0. The Morgan fingerprint density at radius 3 is 1.00 bits per heavy atom. The largest absolute Gasteiger partial charge is 0.380 e. The number of fused-ring (bicyclic) bond motifs is 4. The average molecular weight is 873 g/mol. The Bertz CT molecular complexity index is 2930. The molecule has 0 amide bonds. The first-order valence-electron chi connectivity index (χ1n) is 17.1. The standard InChI is InChI=1S/C41H18F6N4S6/c42-39(43)31(19-17-29(35-48-21-9-1-5-13-25(21)54-35)52-33(19)37-50-23-11-3-7-15-27(23)56-37)32(40(44,45)41(39,46)47)20-18-30(36-49-22-10-2-6-14-26(22)55-36)53-34(20)38-51-24-12-4-8-16-28(24)57-38/h1-18H. The summed E-state index contributed by atoms with van der Waals surface area (Å²) in [5.41, 5.74) is -1.40. The van der Waals surface area contributed by atoms with Crippen LogP contribution in [0.2, 0.25) is 0 Å². The van der Waals surface area contributed by atoms with Gasteiger partial charge in [0, 0.05) is 22.3 Å². The Labute approximate surface area is 341 Å². The van der Waals surface area contributed by atoms with Gasteiger partial charge in [0.15, 0.2) is 0 Å². The number of rotatable bonds is 6. The van der Waals surface area contributed by atoms with Crippen LogP contribution in [0.3, 0.4) is 0 Å². The van der Waals surface area contributed by atoms with Crippen LogP contribution in [0.15, 0.2) is 109 Å². The van der Waals surface area contributed by atoms with Crippen molar-refractivity contribution in [1.82, 2.24) is 19.9 Å². The van der Waals surface area contributed by atoms with Gasteiger partial charge >= 0.3 is 17.8 Å². The first-order valence-corrected chi connectivity index (χ1v) is 22.0. The molecule has 16 heteroatoms. The van der Waals surface area contributed by atoms with Gasteiger partial charge in [-0.05, 0) is 60.7 Å². The zero-order valence-electron chi connectivity index (χ0n) is 28.4. The minimum atomic E-state index is -5.80. The lowest BCUT2D eigenvalue weighted by Crippen LogP contribution is -2.48. The number of aromatic nitrogens is 4. The molecule has 0 bridgehead atoms. The van der Waals surface area contributed by atoms with Gasteiger partial charge in [-0.2, -0.15) is 26.3 Å². The van der Waals surface area contributed by atoms with E-state index in [0.717, 1.165) is 32.1 Å². The van der Waals surface area contributed by atoms with E-state index in [1.165, 1.54) is 57.5 Å². The highest BCUT2D eigenvalue weighted by molar-refractivity contribution is 7.30. The van der Waals surface area contributed by atoms with Gasteiger partial charge in [-0.3, -0.25) is 0 Å². The van der Waals surface area contributed by atoms with E-state index >= 15 is 26.3 Å². The molecule has 0 atom stereocenters. The Morgan fingerprint density at radius 2 is 0.667 bits per heavy atom. The van der Waals surface area contributed by atoms with Gasteiger partial charge in [0.2, 0.25) is 0 Å². The van der Waals surface area contributed by atoms with E-state index in [0.29, 0.717) is 51.2 Å². The second kappa shape index (κ2) is 12.6. The highest BCUT2D eigenvalue weighted by Gasteiger charge is 2.80. The third-order valence-electron chi connectivity index (χ3n) is 9.66. The van der Waals surface area contributed by atoms with E-state index in [1.54, 1.807) is 60.7 Å². The third kappa shape index (κ3) is 5.27. The number of hydrogen-bond donors (Lipinski definition) is 0. The second-order valence-corrected chi connectivity index (χ2v) is 19.4. The van der Waals surface area contributed by atoms with Gasteiger partial charge in [0.25, 0.3) is 0 Å². The Hall–Kier alpha value is -4.84. The number of allylic oxidation sites excluding steroid dienone is 2. The van der Waals surface area contributed by atoms with Crippen molar-refractivity contribution < 1.29 is 26.3 Å². The van der Waals surface area contributed by atoms with Crippen molar-refractivity contribution in [3.63, 3.8) is 0 Å². The fourth-order valence-corrected chi connectivity index (χ4v) is 13.5. The number of thiazole rings is 4. The SMILES string of the molecule is FC1(F)C(c2cc(-c3nc4ccccc4s3)sc2-c2nc3ccccc3s2)=C(c2cc(-c3nc4ccccc4s3)sc2-c2nc3ccccc3s2)C(F)(F)C1(F)F. The van der Waals surface area contributed by atoms with Gasteiger partial charge in [0.1, 0.15) is 20.0 Å². The number of benzene rings is 4. The molecule has 0 spiro atoms. The molecule has 0 unspecified atom stereocenters. The molecule has 0 saturated carbocycles. The van der Waals surface area contributed by atoms with Crippen LogP contribution in [0, 0.1) is 0 Å². The van der Waals surface area contributed by atoms with E-state index in [9.17, 15) is 0 Å². The molecule has 6 aromatic heterocycles. The van der Waals surface area contributed by atoms with Crippen molar-refractivity contribution in [2.24, 2.45) is 0 Å². The molecular weight excluding hydrogens is 855 g/mol. The van der Waals surface area contributed by atoms with Crippen LogP contribution in [0.5, 0.6) is 0 Å². The van der Waals surface area contributed by atoms with Crippen molar-refractivity contribution in [2.45, 2.75) is 17.8 Å². The first-order chi connectivity index (χ1) is 27.5. The summed E-state index contributed by atoms with van der Waals surface area (Å²) < 4.78 is 103. The Kier molecular flexibility index (Phi) is 7.80. The Balaban J connectivity index is 1.23. The summed E-state index contributed by atoms with van der Waals surface area (Å²) in [6, 6.07) is 31.4. The molecule has 0 fully saturated rings. The lowest BCUT2D eigenvalue weighted by atomic mass is 9.94. The van der Waals surface area contributed by atoms with E-state index in [4.69, 9.17) is 19.9 Å². The monoisotopic (exact) mass is 872 g/mol. The minimum Gasteiger partial charge on any atom is -0.235 e. The molecule has 6 heterocycles. The quantitative estimate of drug-likeness (QED) is 0.156. The summed E-state index contributed by atoms with van der Waals surface area (Å²) in [5.74, 6) is -16.4. The van der Waals surface area contributed by atoms with Crippen molar-refractivity contribution >= 4 is 120 Å². The fourth-order valence-electron chi connectivity index (χ4n) is 7.01. The summed E-state index contributed by atoms with van der Waals surface area (Å²) in [6.07, 6.45) is 0. The number of para-hydroxylation sites is 4. The molecule has 1 aliphatic carbocycles. The van der Waals surface area contributed by atoms with E-state index in [1.807, 2.05) is 36.4 Å². The van der Waals surface area contributed by atoms with Crippen molar-refractivity contribution in [3.05, 3.63) is 120 Å². The lowest BCUT2D eigenvalue weighted by Gasteiger charge is -2.25. The van der Waals surface area contributed by atoms with Crippen LogP contribution in [0.25, 0.3) is 91.6 Å². The van der Waals surface area contributed by atoms with Gasteiger partial charge in [-0.1, -0.05) is 48.5 Å². The van der Waals surface area contributed by atoms with Crippen LogP contribution < -0.4 is 0 Å². The number of alkyl halides is 6. The maximum Gasteiger partial charge on any atom is 0.380 e. The highest BCUT2D eigenvalue weighted by atomic mass is 32.1. The maximum absolute atomic E-state index is 16.8. The molecule has 10 aromatic rings. The predicted octanol–water partition coefficient (Wildman–Crippen LogP) is 14.7. The summed E-state index contributed by atoms with van der Waals surface area (Å²) in [5, 5.41) is 1.33. The van der Waals surface area contributed by atoms with E-state index in [2.05, 4.69) is 0 Å². The van der Waals surface area contributed by atoms with E-state index < -0.39 is 40.0 Å². The summed E-state index contributed by atoms with van der Waals surface area (Å²) in [4.78, 5) is 19.6. The lowest BCUT2D eigenvalue weighted by molar-refractivity contribution is -0.254. The van der Waals surface area contributed by atoms with Crippen LogP contribution in [0.1, 0.15) is 11.1 Å². The topological polar surface area (TPSA) is 51.6 Å². The van der Waals surface area contributed by atoms with Crippen molar-refractivity contribution in [1.29, 1.82) is 0 Å². The minimum absolute atomic E-state index is 0.0642. The average Bonchev–Trinajstić information content (AvgIpc) is 4.06. The number of hydrogen-bond acceptors (Lipinski definition) is 10. The van der Waals surface area contributed by atoms with Gasteiger partial charge in [0.05, 0.1) is 60.4 Å². The molecule has 4 nitrogen and oxygen atoms in total. The molecule has 280 valence electrons. The van der Waals surface area contributed by atoms with Crippen molar-refractivity contribution in [2.75, 3.05) is 0 Å². The molecule has 57 heavy (non-hydrogen) atoms. The molecule has 0 radical (unpaired) electrons. The summed E-state index contributed by atoms with van der Waals surface area (Å²) in [7, 11) is 0. The fraction of sp³-hybridized carbons (Fsp3) is 0.0732. The zero-order chi connectivity index (χ0) is 38.8. The molecule has 0 saturated heterocycles. The van der Waals surface area contributed by atoms with E-state index in [-0.39, 0.29) is 19.8 Å². The maximum atomic E-state index is 16.8. The molecule has 0 N–H and O–H groups in total. The molecule has 4 aromatic carbocycles. The molecule has 1 aliphatic rings. The first kappa shape index (κ1) is 35.3. The van der Waals surface area contributed by atoms with Crippen molar-refractivity contribution in [3.8, 4) is 39.5 Å².